The average molecular weight is 227 g/mol. The van der Waals surface area contributed by atoms with Crippen LogP contribution in [0, 0.1) is 0 Å². The van der Waals surface area contributed by atoms with Crippen LogP contribution in [0.2, 0.25) is 0 Å². The van der Waals surface area contributed by atoms with Crippen molar-refractivity contribution in [3.63, 3.8) is 0 Å². The van der Waals surface area contributed by atoms with Crippen LogP contribution in [-0.4, -0.2) is 11.5 Å². The lowest BCUT2D eigenvalue weighted by Gasteiger charge is -2.05. The van der Waals surface area contributed by atoms with Crippen molar-refractivity contribution in [2.75, 3.05) is 6.54 Å². The highest BCUT2D eigenvalue weighted by atomic mass is 14.8. The summed E-state index contributed by atoms with van der Waals surface area (Å²) in [6.07, 6.45) is 4.75. The summed E-state index contributed by atoms with van der Waals surface area (Å²) in [6, 6.07) is 10.0. The van der Waals surface area contributed by atoms with Gasteiger partial charge in [0.25, 0.3) is 0 Å². The Morgan fingerprint density at radius 3 is 3.12 bits per heavy atom. The Labute approximate surface area is 101 Å². The molecule has 0 saturated carbocycles. The van der Waals surface area contributed by atoms with E-state index in [4.69, 9.17) is 5.73 Å². The zero-order chi connectivity index (χ0) is 12.1. The van der Waals surface area contributed by atoms with Crippen molar-refractivity contribution in [2.24, 2.45) is 5.73 Å². The second-order valence-corrected chi connectivity index (χ2v) is 3.96. The fourth-order valence-electron chi connectivity index (χ4n) is 1.66. The SMILES string of the molecule is CCCN/C=C(\N)c1ccc2ncccc2c1. The van der Waals surface area contributed by atoms with Gasteiger partial charge in [-0.3, -0.25) is 4.98 Å². The Kier molecular flexibility index (Phi) is 3.60. The van der Waals surface area contributed by atoms with Gasteiger partial charge in [0.15, 0.2) is 0 Å². The molecular weight excluding hydrogens is 210 g/mol. The molecule has 0 radical (unpaired) electrons. The van der Waals surface area contributed by atoms with E-state index in [9.17, 15) is 0 Å². The van der Waals surface area contributed by atoms with E-state index in [1.165, 1.54) is 0 Å². The van der Waals surface area contributed by atoms with Crippen LogP contribution in [0.15, 0.2) is 42.7 Å². The molecule has 1 aromatic heterocycles. The first-order valence-corrected chi connectivity index (χ1v) is 5.85. The predicted octanol–water partition coefficient (Wildman–Crippen LogP) is 2.49. The lowest BCUT2D eigenvalue weighted by Crippen LogP contribution is -2.09. The van der Waals surface area contributed by atoms with Crippen LogP contribution in [-0.2, 0) is 0 Å². The second kappa shape index (κ2) is 5.34. The number of benzene rings is 1. The van der Waals surface area contributed by atoms with E-state index in [0.29, 0.717) is 0 Å². The fraction of sp³-hybridized carbons (Fsp3) is 0.214. The zero-order valence-electron chi connectivity index (χ0n) is 9.98. The molecule has 0 atom stereocenters. The quantitative estimate of drug-likeness (QED) is 0.789. The lowest BCUT2D eigenvalue weighted by atomic mass is 10.1. The van der Waals surface area contributed by atoms with Gasteiger partial charge in [-0.1, -0.05) is 19.1 Å². The molecule has 3 nitrogen and oxygen atoms in total. The molecule has 2 rings (SSSR count). The van der Waals surface area contributed by atoms with Crippen molar-refractivity contribution < 1.29 is 0 Å². The molecule has 0 saturated heterocycles. The van der Waals surface area contributed by atoms with Crippen molar-refractivity contribution in [1.82, 2.24) is 10.3 Å². The van der Waals surface area contributed by atoms with Crippen LogP contribution in [0.3, 0.4) is 0 Å². The monoisotopic (exact) mass is 227 g/mol. The standard InChI is InChI=1S/C14H17N3/c1-2-7-16-10-13(15)11-5-6-14-12(9-11)4-3-8-17-14/h3-6,8-10,16H,2,7,15H2,1H3/b13-10-. The maximum absolute atomic E-state index is 6.01. The molecule has 0 spiro atoms. The lowest BCUT2D eigenvalue weighted by molar-refractivity contribution is 0.809. The Hall–Kier alpha value is -2.03. The largest absolute Gasteiger partial charge is 0.397 e. The number of hydrogen-bond acceptors (Lipinski definition) is 3. The van der Waals surface area contributed by atoms with E-state index in [2.05, 4.69) is 23.3 Å². The Bertz CT molecular complexity index is 532. The molecule has 1 aromatic carbocycles. The van der Waals surface area contributed by atoms with Gasteiger partial charge in [-0.25, -0.2) is 0 Å². The van der Waals surface area contributed by atoms with Gasteiger partial charge in [0, 0.05) is 24.3 Å². The number of nitrogens with two attached hydrogens (primary N) is 1. The van der Waals surface area contributed by atoms with E-state index in [1.54, 1.807) is 6.20 Å². The summed E-state index contributed by atoms with van der Waals surface area (Å²) in [5.74, 6) is 0. The minimum atomic E-state index is 0.754. The van der Waals surface area contributed by atoms with Gasteiger partial charge in [0.1, 0.15) is 0 Å². The molecule has 88 valence electrons. The van der Waals surface area contributed by atoms with E-state index in [-0.39, 0.29) is 0 Å². The van der Waals surface area contributed by atoms with Gasteiger partial charge in [0.05, 0.1) is 11.2 Å². The topological polar surface area (TPSA) is 50.9 Å². The molecule has 17 heavy (non-hydrogen) atoms. The van der Waals surface area contributed by atoms with E-state index >= 15 is 0 Å². The van der Waals surface area contributed by atoms with Gasteiger partial charge in [-0.05, 0) is 30.2 Å². The molecule has 1 heterocycles. The molecule has 0 aliphatic carbocycles. The van der Waals surface area contributed by atoms with Crippen LogP contribution in [0.5, 0.6) is 0 Å². The first-order chi connectivity index (χ1) is 8.31. The molecule has 3 N–H and O–H groups in total. The normalized spacial score (nSPS) is 11.7. The van der Waals surface area contributed by atoms with Gasteiger partial charge in [-0.2, -0.15) is 0 Å². The summed E-state index contributed by atoms with van der Waals surface area (Å²) in [5, 5.41) is 4.29. The Morgan fingerprint density at radius 1 is 1.41 bits per heavy atom. The summed E-state index contributed by atoms with van der Waals surface area (Å²) in [5.41, 5.74) is 8.77. The van der Waals surface area contributed by atoms with Crippen LogP contribution in [0.25, 0.3) is 16.6 Å². The minimum Gasteiger partial charge on any atom is -0.397 e. The molecule has 0 fully saturated rings. The maximum atomic E-state index is 6.01. The number of rotatable bonds is 4. The van der Waals surface area contributed by atoms with Crippen molar-refractivity contribution in [3.8, 4) is 0 Å². The fourth-order valence-corrected chi connectivity index (χ4v) is 1.66. The van der Waals surface area contributed by atoms with E-state index in [1.807, 2.05) is 30.5 Å². The highest BCUT2D eigenvalue weighted by Gasteiger charge is 1.99. The molecule has 3 heteroatoms. The van der Waals surface area contributed by atoms with Crippen LogP contribution >= 0.6 is 0 Å². The molecule has 0 unspecified atom stereocenters. The van der Waals surface area contributed by atoms with Gasteiger partial charge in [-0.15, -0.1) is 0 Å². The van der Waals surface area contributed by atoms with E-state index in [0.717, 1.165) is 35.1 Å². The summed E-state index contributed by atoms with van der Waals surface area (Å²) in [4.78, 5) is 4.28. The number of nitrogens with zero attached hydrogens (tertiary/aromatic N) is 1. The van der Waals surface area contributed by atoms with Crippen molar-refractivity contribution in [1.29, 1.82) is 0 Å². The molecular formula is C14H17N3. The zero-order valence-corrected chi connectivity index (χ0v) is 9.98. The van der Waals surface area contributed by atoms with Gasteiger partial charge >= 0.3 is 0 Å². The Balaban J connectivity index is 2.26. The molecule has 0 amide bonds. The highest BCUT2D eigenvalue weighted by molar-refractivity contribution is 5.82. The molecule has 0 aliphatic heterocycles. The van der Waals surface area contributed by atoms with Crippen molar-refractivity contribution in [3.05, 3.63) is 48.3 Å². The Morgan fingerprint density at radius 2 is 2.29 bits per heavy atom. The average Bonchev–Trinajstić information content (AvgIpc) is 2.38. The third-order valence-corrected chi connectivity index (χ3v) is 2.59. The number of nitrogens with one attached hydrogen (secondary N) is 1. The molecule has 0 aliphatic rings. The number of aromatic nitrogens is 1. The first-order valence-electron chi connectivity index (χ1n) is 5.85. The van der Waals surface area contributed by atoms with Crippen LogP contribution in [0.1, 0.15) is 18.9 Å². The summed E-state index contributed by atoms with van der Waals surface area (Å²) >= 11 is 0. The van der Waals surface area contributed by atoms with Crippen LogP contribution in [0.4, 0.5) is 0 Å². The van der Waals surface area contributed by atoms with Gasteiger partial charge in [0.2, 0.25) is 0 Å². The molecule has 0 bridgehead atoms. The maximum Gasteiger partial charge on any atom is 0.0702 e. The van der Waals surface area contributed by atoms with Crippen molar-refractivity contribution >= 4 is 16.6 Å². The molecule has 2 aromatic rings. The predicted molar refractivity (Wildman–Crippen MR) is 72.2 cm³/mol. The summed E-state index contributed by atoms with van der Waals surface area (Å²) in [7, 11) is 0. The van der Waals surface area contributed by atoms with E-state index < -0.39 is 0 Å². The highest BCUT2D eigenvalue weighted by Crippen LogP contribution is 2.16. The van der Waals surface area contributed by atoms with Crippen molar-refractivity contribution in [2.45, 2.75) is 13.3 Å². The first kappa shape index (κ1) is 11.5. The summed E-state index contributed by atoms with van der Waals surface area (Å²) in [6.45, 7) is 3.06. The van der Waals surface area contributed by atoms with Gasteiger partial charge < -0.3 is 11.1 Å². The second-order valence-electron chi connectivity index (χ2n) is 3.96. The number of fused-ring (bicyclic) bond motifs is 1. The number of hydrogen-bond donors (Lipinski definition) is 2. The smallest absolute Gasteiger partial charge is 0.0702 e. The minimum absolute atomic E-state index is 0.754. The third-order valence-electron chi connectivity index (χ3n) is 2.59. The summed E-state index contributed by atoms with van der Waals surface area (Å²) < 4.78 is 0. The van der Waals surface area contributed by atoms with Crippen LogP contribution < -0.4 is 11.1 Å². The number of pyridine rings is 1. The third kappa shape index (κ3) is 2.75.